The van der Waals surface area contributed by atoms with Crippen LogP contribution in [-0.2, 0) is 4.74 Å². The molecular weight excluding hydrogens is 344 g/mol. The summed E-state index contributed by atoms with van der Waals surface area (Å²) in [6.07, 6.45) is 0. The predicted octanol–water partition coefficient (Wildman–Crippen LogP) is 1.54. The Balaban J connectivity index is 1.62. The van der Waals surface area contributed by atoms with Gasteiger partial charge in [0.05, 0.1) is 19.3 Å². The number of ether oxygens (including phenoxy) is 1. The lowest BCUT2D eigenvalue weighted by molar-refractivity contribution is 0.0915. The van der Waals surface area contributed by atoms with Gasteiger partial charge in [-0.3, -0.25) is 14.3 Å². The Bertz CT molecular complexity index is 864. The molecule has 2 fully saturated rings. The first kappa shape index (κ1) is 17.7. The summed E-state index contributed by atoms with van der Waals surface area (Å²) in [5.41, 5.74) is 2.82. The van der Waals surface area contributed by atoms with Gasteiger partial charge in [0.15, 0.2) is 5.69 Å². The van der Waals surface area contributed by atoms with Crippen molar-refractivity contribution in [1.29, 1.82) is 0 Å². The third-order valence-corrected chi connectivity index (χ3v) is 5.60. The highest BCUT2D eigenvalue weighted by Gasteiger charge is 2.55. The van der Waals surface area contributed by atoms with E-state index >= 15 is 0 Å². The van der Waals surface area contributed by atoms with Crippen molar-refractivity contribution in [1.82, 2.24) is 20.4 Å². The van der Waals surface area contributed by atoms with Crippen LogP contribution >= 0.6 is 0 Å². The van der Waals surface area contributed by atoms with Crippen LogP contribution in [0.2, 0.25) is 0 Å². The SMILES string of the molecule is CNC(=O)c1cc(C(=O)NC2C3COCC32)n(C(C)c2ccc(C)cc2)n1. The Kier molecular flexibility index (Phi) is 4.47. The number of aryl methyl sites for hydroxylation is 1. The minimum absolute atomic E-state index is 0.160. The standard InChI is InChI=1S/C20H24N4O3/c1-11-4-6-13(7-5-11)12(2)24-17(8-16(23-24)19(25)21-3)20(26)22-18-14-9-27-10-15(14)18/h4-8,12,14-15,18H,9-10H2,1-3H3,(H,21,25)(H,22,26). The second-order valence-corrected chi connectivity index (χ2v) is 7.39. The first-order chi connectivity index (χ1) is 13.0. The lowest BCUT2D eigenvalue weighted by Gasteiger charge is -2.16. The summed E-state index contributed by atoms with van der Waals surface area (Å²) in [5.74, 6) is 0.322. The maximum absolute atomic E-state index is 12.9. The number of fused-ring (bicyclic) bond motifs is 1. The predicted molar refractivity (Wildman–Crippen MR) is 99.7 cm³/mol. The maximum Gasteiger partial charge on any atom is 0.271 e. The number of nitrogens with one attached hydrogen (secondary N) is 2. The van der Waals surface area contributed by atoms with Gasteiger partial charge in [0.1, 0.15) is 5.69 Å². The highest BCUT2D eigenvalue weighted by atomic mass is 16.5. The fourth-order valence-corrected chi connectivity index (χ4v) is 3.76. The van der Waals surface area contributed by atoms with Crippen molar-refractivity contribution in [2.24, 2.45) is 11.8 Å². The van der Waals surface area contributed by atoms with E-state index in [-0.39, 0.29) is 29.6 Å². The summed E-state index contributed by atoms with van der Waals surface area (Å²) < 4.78 is 7.02. The van der Waals surface area contributed by atoms with Crippen molar-refractivity contribution in [2.45, 2.75) is 25.9 Å². The Labute approximate surface area is 158 Å². The molecule has 2 N–H and O–H groups in total. The zero-order valence-electron chi connectivity index (χ0n) is 15.7. The molecule has 2 amide bonds. The van der Waals surface area contributed by atoms with Crippen LogP contribution in [0.1, 0.15) is 45.1 Å². The molecular formula is C20H24N4O3. The van der Waals surface area contributed by atoms with Gasteiger partial charge >= 0.3 is 0 Å². The Morgan fingerprint density at radius 3 is 2.48 bits per heavy atom. The molecule has 2 aliphatic rings. The van der Waals surface area contributed by atoms with E-state index in [1.807, 2.05) is 38.1 Å². The highest BCUT2D eigenvalue weighted by Crippen LogP contribution is 2.44. The second-order valence-electron chi connectivity index (χ2n) is 7.39. The molecule has 1 aromatic carbocycles. The fourth-order valence-electron chi connectivity index (χ4n) is 3.76. The summed E-state index contributed by atoms with van der Waals surface area (Å²) >= 11 is 0. The van der Waals surface area contributed by atoms with E-state index < -0.39 is 0 Å². The molecule has 7 nitrogen and oxygen atoms in total. The molecule has 2 aromatic rings. The van der Waals surface area contributed by atoms with Crippen LogP contribution in [0.4, 0.5) is 0 Å². The van der Waals surface area contributed by atoms with Gasteiger partial charge in [0, 0.05) is 31.0 Å². The number of carbonyl (C=O) groups is 2. The van der Waals surface area contributed by atoms with E-state index in [2.05, 4.69) is 15.7 Å². The number of nitrogens with zero attached hydrogens (tertiary/aromatic N) is 2. The monoisotopic (exact) mass is 368 g/mol. The van der Waals surface area contributed by atoms with Crippen LogP contribution in [0.25, 0.3) is 0 Å². The average molecular weight is 368 g/mol. The minimum atomic E-state index is -0.310. The van der Waals surface area contributed by atoms with Crippen LogP contribution < -0.4 is 10.6 Å². The molecule has 142 valence electrons. The second kappa shape index (κ2) is 6.81. The van der Waals surface area contributed by atoms with E-state index in [0.29, 0.717) is 30.7 Å². The molecule has 1 aromatic heterocycles. The third-order valence-electron chi connectivity index (χ3n) is 5.60. The summed E-state index contributed by atoms with van der Waals surface area (Å²) in [7, 11) is 1.55. The summed E-state index contributed by atoms with van der Waals surface area (Å²) in [6.45, 7) is 5.42. The van der Waals surface area contributed by atoms with Crippen LogP contribution in [0.15, 0.2) is 30.3 Å². The van der Waals surface area contributed by atoms with Gasteiger partial charge in [0.25, 0.3) is 11.8 Å². The van der Waals surface area contributed by atoms with Crippen LogP contribution in [0, 0.1) is 18.8 Å². The first-order valence-corrected chi connectivity index (χ1v) is 9.26. The van der Waals surface area contributed by atoms with Gasteiger partial charge in [0.2, 0.25) is 0 Å². The number of carbonyl (C=O) groups excluding carboxylic acids is 2. The molecule has 0 spiro atoms. The molecule has 2 heterocycles. The number of hydrogen-bond donors (Lipinski definition) is 2. The third kappa shape index (κ3) is 3.23. The van der Waals surface area contributed by atoms with E-state index in [1.165, 1.54) is 0 Å². The van der Waals surface area contributed by atoms with Crippen molar-refractivity contribution in [2.75, 3.05) is 20.3 Å². The first-order valence-electron chi connectivity index (χ1n) is 9.26. The van der Waals surface area contributed by atoms with E-state index in [4.69, 9.17) is 4.74 Å². The maximum atomic E-state index is 12.9. The van der Waals surface area contributed by atoms with Crippen LogP contribution in [-0.4, -0.2) is 47.9 Å². The Morgan fingerprint density at radius 1 is 1.19 bits per heavy atom. The van der Waals surface area contributed by atoms with Gasteiger partial charge in [-0.1, -0.05) is 29.8 Å². The molecule has 3 unspecified atom stereocenters. The molecule has 0 radical (unpaired) electrons. The molecule has 27 heavy (non-hydrogen) atoms. The fraction of sp³-hybridized carbons (Fsp3) is 0.450. The van der Waals surface area contributed by atoms with E-state index in [1.54, 1.807) is 17.8 Å². The van der Waals surface area contributed by atoms with E-state index in [0.717, 1.165) is 11.1 Å². The van der Waals surface area contributed by atoms with Crippen molar-refractivity contribution >= 4 is 11.8 Å². The number of aromatic nitrogens is 2. The van der Waals surface area contributed by atoms with Gasteiger partial charge in [-0.2, -0.15) is 5.10 Å². The Hall–Kier alpha value is -2.67. The molecule has 1 aliphatic carbocycles. The largest absolute Gasteiger partial charge is 0.381 e. The van der Waals surface area contributed by atoms with Crippen LogP contribution in [0.5, 0.6) is 0 Å². The van der Waals surface area contributed by atoms with Crippen molar-refractivity contribution in [3.63, 3.8) is 0 Å². The molecule has 0 bridgehead atoms. The lowest BCUT2D eigenvalue weighted by Crippen LogP contribution is -2.32. The molecule has 1 saturated heterocycles. The van der Waals surface area contributed by atoms with Gasteiger partial charge in [-0.05, 0) is 19.4 Å². The minimum Gasteiger partial charge on any atom is -0.381 e. The number of rotatable bonds is 5. The molecule has 4 rings (SSSR count). The number of hydrogen-bond acceptors (Lipinski definition) is 4. The smallest absolute Gasteiger partial charge is 0.271 e. The molecule has 1 aliphatic heterocycles. The van der Waals surface area contributed by atoms with E-state index in [9.17, 15) is 9.59 Å². The molecule has 3 atom stereocenters. The van der Waals surface area contributed by atoms with Crippen molar-refractivity contribution in [3.8, 4) is 0 Å². The Morgan fingerprint density at radius 2 is 1.85 bits per heavy atom. The quantitative estimate of drug-likeness (QED) is 0.838. The molecule has 7 heteroatoms. The normalized spacial score (nSPS) is 24.2. The summed E-state index contributed by atoms with van der Waals surface area (Å²) in [5, 5.41) is 10.1. The lowest BCUT2D eigenvalue weighted by atomic mass is 10.1. The number of amides is 2. The molecule has 1 saturated carbocycles. The summed E-state index contributed by atoms with van der Waals surface area (Å²) in [6, 6.07) is 9.64. The zero-order chi connectivity index (χ0) is 19.1. The van der Waals surface area contributed by atoms with Gasteiger partial charge in [-0.15, -0.1) is 0 Å². The van der Waals surface area contributed by atoms with Crippen LogP contribution in [0.3, 0.4) is 0 Å². The topological polar surface area (TPSA) is 85.3 Å². The highest BCUT2D eigenvalue weighted by molar-refractivity contribution is 5.98. The van der Waals surface area contributed by atoms with Crippen molar-refractivity contribution in [3.05, 3.63) is 52.8 Å². The zero-order valence-corrected chi connectivity index (χ0v) is 15.7. The average Bonchev–Trinajstić information content (AvgIpc) is 3.08. The van der Waals surface area contributed by atoms with Gasteiger partial charge in [-0.25, -0.2) is 0 Å². The number of benzene rings is 1. The summed E-state index contributed by atoms with van der Waals surface area (Å²) in [4.78, 5) is 25.0. The van der Waals surface area contributed by atoms with Crippen molar-refractivity contribution < 1.29 is 14.3 Å². The van der Waals surface area contributed by atoms with Gasteiger partial charge < -0.3 is 15.4 Å².